The van der Waals surface area contributed by atoms with Gasteiger partial charge in [-0.05, 0) is 19.4 Å². The molecule has 6 heteroatoms. The van der Waals surface area contributed by atoms with Crippen LogP contribution in [0.1, 0.15) is 30.6 Å². The summed E-state index contributed by atoms with van der Waals surface area (Å²) in [4.78, 5) is 23.9. The van der Waals surface area contributed by atoms with Crippen molar-refractivity contribution in [3.05, 3.63) is 33.9 Å². The van der Waals surface area contributed by atoms with Crippen LogP contribution in [0.5, 0.6) is 0 Å². The minimum absolute atomic E-state index is 0.0520. The Balaban J connectivity index is 3.14. The first-order valence-electron chi connectivity index (χ1n) is 5.70. The minimum Gasteiger partial charge on any atom is -0.393 e. The average Bonchev–Trinajstić information content (AvgIpc) is 2.36. The highest BCUT2D eigenvalue weighted by Crippen LogP contribution is 2.26. The molecule has 2 N–H and O–H groups in total. The fourth-order valence-electron chi connectivity index (χ4n) is 1.56. The third-order valence-corrected chi connectivity index (χ3v) is 3.08. The highest BCUT2D eigenvalue weighted by molar-refractivity contribution is 6.01. The molecule has 1 atom stereocenters. The lowest BCUT2D eigenvalue weighted by Crippen LogP contribution is -2.35. The van der Waals surface area contributed by atoms with Gasteiger partial charge in [0.05, 0.1) is 10.5 Å². The molecule has 0 radical (unpaired) electrons. The second-order valence-corrected chi connectivity index (χ2v) is 4.17. The van der Waals surface area contributed by atoms with Crippen LogP contribution in [0.15, 0.2) is 18.2 Å². The largest absolute Gasteiger partial charge is 0.393 e. The SMILES string of the molecule is CCC(C)N(C)C(=O)c1cccc([N+](=O)[O-])c1N. The summed E-state index contributed by atoms with van der Waals surface area (Å²) < 4.78 is 0. The second-order valence-electron chi connectivity index (χ2n) is 4.17. The van der Waals surface area contributed by atoms with Gasteiger partial charge in [-0.1, -0.05) is 13.0 Å². The van der Waals surface area contributed by atoms with Gasteiger partial charge in [0, 0.05) is 19.2 Å². The van der Waals surface area contributed by atoms with Crippen LogP contribution in [0.2, 0.25) is 0 Å². The van der Waals surface area contributed by atoms with Gasteiger partial charge in [0.15, 0.2) is 0 Å². The molecule has 0 aliphatic heterocycles. The Morgan fingerprint density at radius 1 is 1.56 bits per heavy atom. The molecule has 18 heavy (non-hydrogen) atoms. The van der Waals surface area contributed by atoms with Gasteiger partial charge in [-0.15, -0.1) is 0 Å². The number of hydrogen-bond acceptors (Lipinski definition) is 4. The summed E-state index contributed by atoms with van der Waals surface area (Å²) in [6, 6.07) is 4.31. The molecule has 0 spiro atoms. The summed E-state index contributed by atoms with van der Waals surface area (Å²) in [5, 5.41) is 10.8. The Kier molecular flexibility index (Phi) is 4.25. The molecule has 0 bridgehead atoms. The van der Waals surface area contributed by atoms with Gasteiger partial charge < -0.3 is 10.6 Å². The molecule has 0 aliphatic rings. The standard InChI is InChI=1S/C12H17N3O3/c1-4-8(2)14(3)12(16)9-6-5-7-10(11(9)13)15(17)18/h5-8H,4,13H2,1-3H3. The molecule has 1 aromatic carbocycles. The third kappa shape index (κ3) is 2.58. The number of anilines is 1. The van der Waals surface area contributed by atoms with E-state index in [0.29, 0.717) is 0 Å². The number of benzene rings is 1. The minimum atomic E-state index is -0.588. The van der Waals surface area contributed by atoms with Crippen molar-refractivity contribution >= 4 is 17.3 Å². The fourth-order valence-corrected chi connectivity index (χ4v) is 1.56. The first-order valence-corrected chi connectivity index (χ1v) is 5.70. The quantitative estimate of drug-likeness (QED) is 0.503. The van der Waals surface area contributed by atoms with Gasteiger partial charge in [0.2, 0.25) is 0 Å². The number of carbonyl (C=O) groups excluding carboxylic acids is 1. The zero-order valence-corrected chi connectivity index (χ0v) is 10.7. The van der Waals surface area contributed by atoms with Crippen LogP contribution in [-0.4, -0.2) is 28.8 Å². The Bertz CT molecular complexity index is 474. The number of para-hydroxylation sites is 1. The topological polar surface area (TPSA) is 89.5 Å². The molecule has 0 aliphatic carbocycles. The number of hydrogen-bond donors (Lipinski definition) is 1. The van der Waals surface area contributed by atoms with E-state index >= 15 is 0 Å². The molecule has 1 rings (SSSR count). The van der Waals surface area contributed by atoms with E-state index in [1.807, 2.05) is 13.8 Å². The van der Waals surface area contributed by atoms with Crippen LogP contribution in [0.4, 0.5) is 11.4 Å². The Morgan fingerprint density at radius 2 is 2.17 bits per heavy atom. The van der Waals surface area contributed by atoms with E-state index in [9.17, 15) is 14.9 Å². The van der Waals surface area contributed by atoms with Gasteiger partial charge in [-0.3, -0.25) is 14.9 Å². The van der Waals surface area contributed by atoms with Crippen LogP contribution < -0.4 is 5.73 Å². The van der Waals surface area contributed by atoms with Crippen LogP contribution in [-0.2, 0) is 0 Å². The van der Waals surface area contributed by atoms with Crippen LogP contribution in [0.25, 0.3) is 0 Å². The molecule has 6 nitrogen and oxygen atoms in total. The number of nitro groups is 1. The maximum absolute atomic E-state index is 12.2. The predicted octanol–water partition coefficient (Wildman–Crippen LogP) is 2.05. The van der Waals surface area contributed by atoms with Gasteiger partial charge in [-0.25, -0.2) is 0 Å². The van der Waals surface area contributed by atoms with Gasteiger partial charge >= 0.3 is 0 Å². The highest BCUT2D eigenvalue weighted by Gasteiger charge is 2.23. The van der Waals surface area contributed by atoms with E-state index in [2.05, 4.69) is 0 Å². The number of nitrogens with two attached hydrogens (primary N) is 1. The van der Waals surface area contributed by atoms with E-state index in [1.54, 1.807) is 7.05 Å². The predicted molar refractivity (Wildman–Crippen MR) is 69.4 cm³/mol. The molecule has 1 aromatic rings. The van der Waals surface area contributed by atoms with E-state index in [0.717, 1.165) is 6.42 Å². The molecule has 0 aromatic heterocycles. The van der Waals surface area contributed by atoms with E-state index in [4.69, 9.17) is 5.73 Å². The van der Waals surface area contributed by atoms with Crippen LogP contribution in [0, 0.1) is 10.1 Å². The second kappa shape index (κ2) is 5.48. The van der Waals surface area contributed by atoms with Crippen molar-refractivity contribution in [3.63, 3.8) is 0 Å². The van der Waals surface area contributed by atoms with Crippen molar-refractivity contribution in [3.8, 4) is 0 Å². The van der Waals surface area contributed by atoms with Crippen molar-refractivity contribution in [1.29, 1.82) is 0 Å². The molecule has 0 heterocycles. The number of nitrogens with zero attached hydrogens (tertiary/aromatic N) is 2. The monoisotopic (exact) mass is 251 g/mol. The summed E-state index contributed by atoms with van der Waals surface area (Å²) >= 11 is 0. The van der Waals surface area contributed by atoms with E-state index in [1.165, 1.54) is 23.1 Å². The number of nitro benzene ring substituents is 1. The molecule has 0 saturated carbocycles. The summed E-state index contributed by atoms with van der Waals surface area (Å²) in [6.07, 6.45) is 0.803. The Labute approximate surface area is 106 Å². The Morgan fingerprint density at radius 3 is 2.67 bits per heavy atom. The normalized spacial score (nSPS) is 11.9. The number of rotatable bonds is 4. The number of carbonyl (C=O) groups is 1. The molecule has 1 amide bonds. The molecule has 0 saturated heterocycles. The van der Waals surface area contributed by atoms with Crippen LogP contribution in [0.3, 0.4) is 0 Å². The zero-order chi connectivity index (χ0) is 13.9. The van der Waals surface area contributed by atoms with Crippen molar-refractivity contribution < 1.29 is 9.72 Å². The van der Waals surface area contributed by atoms with Gasteiger partial charge in [0.1, 0.15) is 5.69 Å². The van der Waals surface area contributed by atoms with E-state index in [-0.39, 0.29) is 28.9 Å². The van der Waals surface area contributed by atoms with Crippen molar-refractivity contribution in [1.82, 2.24) is 4.90 Å². The van der Waals surface area contributed by atoms with Gasteiger partial charge in [-0.2, -0.15) is 0 Å². The number of amides is 1. The summed E-state index contributed by atoms with van der Waals surface area (Å²) in [6.45, 7) is 3.87. The molecule has 1 unspecified atom stereocenters. The van der Waals surface area contributed by atoms with Crippen LogP contribution >= 0.6 is 0 Å². The third-order valence-electron chi connectivity index (χ3n) is 3.08. The maximum atomic E-state index is 12.2. The molecular weight excluding hydrogens is 234 g/mol. The molecule has 0 fully saturated rings. The summed E-state index contributed by atoms with van der Waals surface area (Å²) in [7, 11) is 1.66. The van der Waals surface area contributed by atoms with Crippen molar-refractivity contribution in [2.24, 2.45) is 0 Å². The number of nitrogen functional groups attached to an aromatic ring is 1. The Hall–Kier alpha value is -2.11. The summed E-state index contributed by atoms with van der Waals surface area (Å²) in [5.74, 6) is -0.300. The lowest BCUT2D eigenvalue weighted by atomic mass is 10.1. The highest BCUT2D eigenvalue weighted by atomic mass is 16.6. The smallest absolute Gasteiger partial charge is 0.292 e. The summed E-state index contributed by atoms with van der Waals surface area (Å²) in [5.41, 5.74) is 5.53. The van der Waals surface area contributed by atoms with E-state index < -0.39 is 4.92 Å². The van der Waals surface area contributed by atoms with Crippen molar-refractivity contribution in [2.75, 3.05) is 12.8 Å². The van der Waals surface area contributed by atoms with Gasteiger partial charge in [0.25, 0.3) is 11.6 Å². The lowest BCUT2D eigenvalue weighted by Gasteiger charge is -2.24. The maximum Gasteiger partial charge on any atom is 0.292 e. The molecular formula is C12H17N3O3. The first-order chi connectivity index (χ1) is 8.40. The first kappa shape index (κ1) is 14.0. The average molecular weight is 251 g/mol. The fraction of sp³-hybridized carbons (Fsp3) is 0.417. The van der Waals surface area contributed by atoms with Crippen molar-refractivity contribution in [2.45, 2.75) is 26.3 Å². The zero-order valence-electron chi connectivity index (χ0n) is 10.7. The molecule has 98 valence electrons. The lowest BCUT2D eigenvalue weighted by molar-refractivity contribution is -0.383.